The maximum atomic E-state index is 12.0. The Morgan fingerprint density at radius 1 is 1.00 bits per heavy atom. The minimum Gasteiger partial charge on any atom is -0.455 e. The zero-order valence-corrected chi connectivity index (χ0v) is 16.6. The van der Waals surface area contributed by atoms with Gasteiger partial charge >= 0.3 is 5.97 Å². The molecule has 0 rings (SSSR count). The van der Waals surface area contributed by atoms with Crippen molar-refractivity contribution in [1.82, 2.24) is 0 Å². The molecule has 0 aromatic rings. The summed E-state index contributed by atoms with van der Waals surface area (Å²) in [6.07, 6.45) is 14.3. The average molecular weight is 349 g/mol. The molecule has 25 heavy (non-hydrogen) atoms. The van der Waals surface area contributed by atoms with Crippen LogP contribution in [0.15, 0.2) is 36.0 Å². The third-order valence-corrected chi connectivity index (χ3v) is 4.21. The lowest BCUT2D eigenvalue weighted by molar-refractivity contribution is -0.154. The van der Waals surface area contributed by atoms with Crippen LogP contribution in [0.25, 0.3) is 0 Å². The number of allylic oxidation sites excluding steroid dienone is 4. The summed E-state index contributed by atoms with van der Waals surface area (Å²) in [5, 5.41) is 0. The molecule has 0 fully saturated rings. The first-order valence-corrected chi connectivity index (χ1v) is 9.41. The van der Waals surface area contributed by atoms with Crippen LogP contribution in [0.1, 0.15) is 85.5 Å². The summed E-state index contributed by atoms with van der Waals surface area (Å²) >= 11 is 0. The van der Waals surface area contributed by atoms with Gasteiger partial charge in [0.25, 0.3) is 0 Å². The van der Waals surface area contributed by atoms with Crippen molar-refractivity contribution in [2.24, 2.45) is 0 Å². The van der Waals surface area contributed by atoms with Crippen molar-refractivity contribution in [3.8, 4) is 0 Å². The number of ether oxygens (including phenoxy) is 1. The molecule has 142 valence electrons. The third kappa shape index (κ3) is 13.3. The van der Waals surface area contributed by atoms with Gasteiger partial charge in [0, 0.05) is 12.8 Å². The number of carbonyl (C=O) groups is 2. The molecule has 0 heterocycles. The van der Waals surface area contributed by atoms with E-state index in [9.17, 15) is 9.59 Å². The molecule has 0 spiro atoms. The van der Waals surface area contributed by atoms with E-state index in [1.54, 1.807) is 6.08 Å². The standard InChI is InChI=1S/C22H36O3/c1-6-22(5,25-21(24)16-9-7-8-10-18-23)17-12-15-20(4)14-11-13-19(2)3/h6,13,15,18H,1,7-12,14,16-17H2,2-5H3/b20-15+. The summed E-state index contributed by atoms with van der Waals surface area (Å²) in [7, 11) is 0. The van der Waals surface area contributed by atoms with E-state index in [2.05, 4.69) is 39.5 Å². The summed E-state index contributed by atoms with van der Waals surface area (Å²) in [4.78, 5) is 22.2. The van der Waals surface area contributed by atoms with E-state index in [1.165, 1.54) is 11.1 Å². The molecule has 0 bridgehead atoms. The Morgan fingerprint density at radius 3 is 2.32 bits per heavy atom. The van der Waals surface area contributed by atoms with Crippen molar-refractivity contribution < 1.29 is 14.3 Å². The van der Waals surface area contributed by atoms with Gasteiger partial charge < -0.3 is 9.53 Å². The fraction of sp³-hybridized carbons (Fsp3) is 0.636. The third-order valence-electron chi connectivity index (χ3n) is 4.21. The van der Waals surface area contributed by atoms with E-state index < -0.39 is 5.60 Å². The zero-order chi connectivity index (χ0) is 19.1. The maximum absolute atomic E-state index is 12.0. The van der Waals surface area contributed by atoms with Gasteiger partial charge in [0.2, 0.25) is 0 Å². The molecule has 1 unspecified atom stereocenters. The first-order chi connectivity index (χ1) is 11.8. The first kappa shape index (κ1) is 23.4. The van der Waals surface area contributed by atoms with Crippen molar-refractivity contribution in [2.45, 2.75) is 91.1 Å². The largest absolute Gasteiger partial charge is 0.455 e. The predicted molar refractivity (Wildman–Crippen MR) is 105 cm³/mol. The highest BCUT2D eigenvalue weighted by atomic mass is 16.6. The highest BCUT2D eigenvalue weighted by molar-refractivity contribution is 5.70. The highest BCUT2D eigenvalue weighted by Crippen LogP contribution is 2.22. The van der Waals surface area contributed by atoms with Crippen LogP contribution in [0.5, 0.6) is 0 Å². The molecular weight excluding hydrogens is 312 g/mol. The molecule has 0 radical (unpaired) electrons. The van der Waals surface area contributed by atoms with E-state index >= 15 is 0 Å². The van der Waals surface area contributed by atoms with E-state index in [0.29, 0.717) is 12.8 Å². The smallest absolute Gasteiger partial charge is 0.306 e. The Labute approximate surface area is 154 Å². The number of hydrogen-bond donors (Lipinski definition) is 0. The van der Waals surface area contributed by atoms with Crippen molar-refractivity contribution >= 4 is 12.3 Å². The van der Waals surface area contributed by atoms with Crippen LogP contribution in [0.4, 0.5) is 0 Å². The van der Waals surface area contributed by atoms with Gasteiger partial charge in [-0.25, -0.2) is 0 Å². The Hall–Kier alpha value is -1.64. The first-order valence-electron chi connectivity index (χ1n) is 9.41. The van der Waals surface area contributed by atoms with Gasteiger partial charge in [-0.1, -0.05) is 36.3 Å². The summed E-state index contributed by atoms with van der Waals surface area (Å²) < 4.78 is 5.62. The SMILES string of the molecule is C=CC(C)(CC/C=C(\C)CCC=C(C)C)OC(=O)CCCCCC=O. The van der Waals surface area contributed by atoms with Gasteiger partial charge in [0.05, 0.1) is 0 Å². The number of rotatable bonds is 14. The predicted octanol–water partition coefficient (Wildman–Crippen LogP) is 6.10. The molecule has 1 atom stereocenters. The van der Waals surface area contributed by atoms with Crippen LogP contribution in [0.2, 0.25) is 0 Å². The Bertz CT molecular complexity index is 470. The molecule has 0 saturated carbocycles. The van der Waals surface area contributed by atoms with Crippen LogP contribution >= 0.6 is 0 Å². The Kier molecular flexibility index (Phi) is 12.7. The number of hydrogen-bond acceptors (Lipinski definition) is 3. The van der Waals surface area contributed by atoms with Gasteiger partial charge in [-0.05, 0) is 72.3 Å². The van der Waals surface area contributed by atoms with Crippen LogP contribution in [-0.4, -0.2) is 17.9 Å². The lowest BCUT2D eigenvalue weighted by Gasteiger charge is -2.25. The molecule has 0 aromatic heterocycles. The second kappa shape index (κ2) is 13.6. The monoisotopic (exact) mass is 348 g/mol. The molecule has 0 saturated heterocycles. The fourth-order valence-corrected chi connectivity index (χ4v) is 2.48. The van der Waals surface area contributed by atoms with Gasteiger partial charge in [-0.3, -0.25) is 4.79 Å². The Balaban J connectivity index is 4.21. The molecule has 0 amide bonds. The molecule has 0 N–H and O–H groups in total. The molecule has 0 aliphatic heterocycles. The molecule has 3 heteroatoms. The quantitative estimate of drug-likeness (QED) is 0.165. The van der Waals surface area contributed by atoms with Crippen molar-refractivity contribution in [3.05, 3.63) is 36.0 Å². The van der Waals surface area contributed by atoms with Gasteiger partial charge in [0.1, 0.15) is 11.9 Å². The minimum atomic E-state index is -0.615. The number of carbonyl (C=O) groups excluding carboxylic acids is 2. The van der Waals surface area contributed by atoms with Crippen molar-refractivity contribution in [2.75, 3.05) is 0 Å². The van der Waals surface area contributed by atoms with Crippen LogP contribution < -0.4 is 0 Å². The lowest BCUT2D eigenvalue weighted by atomic mass is 9.98. The molecule has 0 aromatic carbocycles. The lowest BCUT2D eigenvalue weighted by Crippen LogP contribution is -2.29. The van der Waals surface area contributed by atoms with Crippen LogP contribution in [0, 0.1) is 0 Å². The van der Waals surface area contributed by atoms with Crippen molar-refractivity contribution in [3.63, 3.8) is 0 Å². The molecule has 0 aliphatic rings. The molecular formula is C22H36O3. The number of unbranched alkanes of at least 4 members (excludes halogenated alkanes) is 3. The number of aldehydes is 1. The molecule has 3 nitrogen and oxygen atoms in total. The van der Waals surface area contributed by atoms with Crippen molar-refractivity contribution in [1.29, 1.82) is 0 Å². The highest BCUT2D eigenvalue weighted by Gasteiger charge is 2.24. The van der Waals surface area contributed by atoms with E-state index in [0.717, 1.165) is 51.2 Å². The fourth-order valence-electron chi connectivity index (χ4n) is 2.48. The Morgan fingerprint density at radius 2 is 1.72 bits per heavy atom. The van der Waals surface area contributed by atoms with Gasteiger partial charge in [-0.15, -0.1) is 0 Å². The summed E-state index contributed by atoms with van der Waals surface area (Å²) in [5.74, 6) is -0.183. The molecule has 0 aliphatic carbocycles. The second-order valence-electron chi connectivity index (χ2n) is 7.17. The van der Waals surface area contributed by atoms with E-state index in [4.69, 9.17) is 4.74 Å². The summed E-state index contributed by atoms with van der Waals surface area (Å²) in [6, 6.07) is 0. The topological polar surface area (TPSA) is 43.4 Å². The van der Waals surface area contributed by atoms with Gasteiger partial charge in [0.15, 0.2) is 0 Å². The van der Waals surface area contributed by atoms with Crippen LogP contribution in [-0.2, 0) is 14.3 Å². The van der Waals surface area contributed by atoms with E-state index in [1.807, 2.05) is 6.92 Å². The second-order valence-corrected chi connectivity index (χ2v) is 7.17. The number of esters is 1. The summed E-state index contributed by atoms with van der Waals surface area (Å²) in [6.45, 7) is 12.1. The van der Waals surface area contributed by atoms with Crippen LogP contribution in [0.3, 0.4) is 0 Å². The van der Waals surface area contributed by atoms with Gasteiger partial charge in [-0.2, -0.15) is 0 Å². The summed E-state index contributed by atoms with van der Waals surface area (Å²) in [5.41, 5.74) is 2.10. The maximum Gasteiger partial charge on any atom is 0.306 e. The minimum absolute atomic E-state index is 0.183. The van der Waals surface area contributed by atoms with E-state index in [-0.39, 0.29) is 5.97 Å². The zero-order valence-electron chi connectivity index (χ0n) is 16.6. The average Bonchev–Trinajstić information content (AvgIpc) is 2.54. The normalized spacial score (nSPS) is 13.7.